The van der Waals surface area contributed by atoms with Crippen molar-refractivity contribution in [3.05, 3.63) is 66.7 Å². The number of benzene rings is 2. The number of para-hydroxylation sites is 1. The maximum absolute atomic E-state index is 12.1. The van der Waals surface area contributed by atoms with Crippen LogP contribution in [0.4, 0.5) is 5.69 Å². The summed E-state index contributed by atoms with van der Waals surface area (Å²) in [6.45, 7) is 7.89. The molecule has 1 atom stereocenters. The van der Waals surface area contributed by atoms with Gasteiger partial charge in [-0.2, -0.15) is 0 Å². The van der Waals surface area contributed by atoms with E-state index < -0.39 is 6.10 Å². The average molecular weight is 311 g/mol. The fraction of sp³-hybridized carbons (Fsp3) is 0.211. The van der Waals surface area contributed by atoms with Crippen LogP contribution in [0.1, 0.15) is 13.8 Å². The summed E-state index contributed by atoms with van der Waals surface area (Å²) >= 11 is 0. The third-order valence-electron chi connectivity index (χ3n) is 3.03. The molecule has 0 spiro atoms. The van der Waals surface area contributed by atoms with E-state index in [-0.39, 0.29) is 5.91 Å². The van der Waals surface area contributed by atoms with Crippen molar-refractivity contribution in [3.63, 3.8) is 0 Å². The number of hydrogen-bond acceptors (Lipinski definition) is 3. The van der Waals surface area contributed by atoms with Gasteiger partial charge >= 0.3 is 0 Å². The van der Waals surface area contributed by atoms with Crippen molar-refractivity contribution >= 4 is 11.6 Å². The maximum atomic E-state index is 12.1. The molecule has 1 N–H and O–H groups in total. The van der Waals surface area contributed by atoms with Crippen molar-refractivity contribution in [1.82, 2.24) is 0 Å². The van der Waals surface area contributed by atoms with Crippen molar-refractivity contribution in [2.45, 2.75) is 20.0 Å². The molecule has 0 heterocycles. The lowest BCUT2D eigenvalue weighted by atomic mass is 10.2. The number of carbonyl (C=O) groups excluding carboxylic acids is 1. The first-order chi connectivity index (χ1) is 11.0. The van der Waals surface area contributed by atoms with Gasteiger partial charge in [0.2, 0.25) is 0 Å². The average Bonchev–Trinajstić information content (AvgIpc) is 2.55. The Balaban J connectivity index is 1.88. The molecule has 1 amide bonds. The Hall–Kier alpha value is -2.75. The zero-order valence-electron chi connectivity index (χ0n) is 13.4. The number of amides is 1. The smallest absolute Gasteiger partial charge is 0.265 e. The Morgan fingerprint density at radius 3 is 2.35 bits per heavy atom. The summed E-state index contributed by atoms with van der Waals surface area (Å²) < 4.78 is 11.1. The molecule has 4 nitrogen and oxygen atoms in total. The molecule has 0 radical (unpaired) electrons. The fourth-order valence-corrected chi connectivity index (χ4v) is 1.84. The van der Waals surface area contributed by atoms with Gasteiger partial charge in [0.25, 0.3) is 5.91 Å². The van der Waals surface area contributed by atoms with Gasteiger partial charge in [-0.3, -0.25) is 4.79 Å². The highest BCUT2D eigenvalue weighted by Gasteiger charge is 2.14. The minimum absolute atomic E-state index is 0.204. The van der Waals surface area contributed by atoms with Crippen LogP contribution in [-0.4, -0.2) is 18.6 Å². The molecule has 0 aliphatic carbocycles. The molecule has 0 saturated heterocycles. The van der Waals surface area contributed by atoms with E-state index in [9.17, 15) is 4.79 Å². The second-order valence-corrected chi connectivity index (χ2v) is 5.33. The van der Waals surface area contributed by atoms with E-state index in [4.69, 9.17) is 9.47 Å². The summed E-state index contributed by atoms with van der Waals surface area (Å²) in [6.07, 6.45) is -0.586. The van der Waals surface area contributed by atoms with Gasteiger partial charge in [0, 0.05) is 5.69 Å². The number of ether oxygens (including phenoxy) is 2. The van der Waals surface area contributed by atoms with Crippen LogP contribution in [0.3, 0.4) is 0 Å². The summed E-state index contributed by atoms with van der Waals surface area (Å²) in [7, 11) is 0. The molecule has 2 rings (SSSR count). The van der Waals surface area contributed by atoms with Gasteiger partial charge in [-0.05, 0) is 55.8 Å². The molecule has 1 unspecified atom stereocenters. The van der Waals surface area contributed by atoms with Gasteiger partial charge in [0.1, 0.15) is 18.1 Å². The number of rotatable bonds is 7. The lowest BCUT2D eigenvalue weighted by Crippen LogP contribution is -2.30. The van der Waals surface area contributed by atoms with Crippen LogP contribution in [0.25, 0.3) is 0 Å². The van der Waals surface area contributed by atoms with Gasteiger partial charge in [-0.25, -0.2) is 0 Å². The molecule has 23 heavy (non-hydrogen) atoms. The van der Waals surface area contributed by atoms with Crippen molar-refractivity contribution in [2.75, 3.05) is 11.9 Å². The Morgan fingerprint density at radius 2 is 1.74 bits per heavy atom. The first kappa shape index (κ1) is 16.6. The SMILES string of the molecule is C=C(C)COc1ccc(NC(=O)C(C)Oc2ccccc2)cc1. The van der Waals surface area contributed by atoms with Crippen molar-refractivity contribution < 1.29 is 14.3 Å². The molecule has 2 aromatic carbocycles. The van der Waals surface area contributed by atoms with Crippen molar-refractivity contribution in [1.29, 1.82) is 0 Å². The van der Waals surface area contributed by atoms with E-state index in [0.29, 0.717) is 18.0 Å². The Morgan fingerprint density at radius 1 is 1.09 bits per heavy atom. The van der Waals surface area contributed by atoms with Crippen LogP contribution in [0.2, 0.25) is 0 Å². The van der Waals surface area contributed by atoms with Crippen LogP contribution >= 0.6 is 0 Å². The highest BCUT2D eigenvalue weighted by atomic mass is 16.5. The number of carbonyl (C=O) groups is 1. The molecule has 0 aromatic heterocycles. The minimum Gasteiger partial charge on any atom is -0.489 e. The van der Waals surface area contributed by atoms with Crippen molar-refractivity contribution in [2.24, 2.45) is 0 Å². The second kappa shape index (κ2) is 8.03. The monoisotopic (exact) mass is 311 g/mol. The first-order valence-corrected chi connectivity index (χ1v) is 7.44. The van der Waals surface area contributed by atoms with E-state index in [1.54, 1.807) is 31.2 Å². The summed E-state index contributed by atoms with van der Waals surface area (Å²) in [6, 6.07) is 16.5. The third kappa shape index (κ3) is 5.51. The van der Waals surface area contributed by atoms with Crippen molar-refractivity contribution in [3.8, 4) is 11.5 Å². The van der Waals surface area contributed by atoms with Gasteiger partial charge < -0.3 is 14.8 Å². The minimum atomic E-state index is -0.586. The quantitative estimate of drug-likeness (QED) is 0.785. The molecule has 0 fully saturated rings. The summed E-state index contributed by atoms with van der Waals surface area (Å²) in [5.41, 5.74) is 1.65. The normalized spacial score (nSPS) is 11.4. The van der Waals surface area contributed by atoms with E-state index >= 15 is 0 Å². The fourth-order valence-electron chi connectivity index (χ4n) is 1.84. The third-order valence-corrected chi connectivity index (χ3v) is 3.03. The van der Waals surface area contributed by atoms with Crippen LogP contribution in [0.15, 0.2) is 66.7 Å². The second-order valence-electron chi connectivity index (χ2n) is 5.33. The van der Waals surface area contributed by atoms with Gasteiger partial charge in [-0.1, -0.05) is 24.8 Å². The molecule has 0 aliphatic heterocycles. The predicted molar refractivity (Wildman–Crippen MR) is 91.9 cm³/mol. The maximum Gasteiger partial charge on any atom is 0.265 e. The summed E-state index contributed by atoms with van der Waals surface area (Å²) in [4.78, 5) is 12.1. The Bertz CT molecular complexity index is 650. The molecule has 0 aliphatic rings. The largest absolute Gasteiger partial charge is 0.489 e. The van der Waals surface area contributed by atoms with E-state index in [1.165, 1.54) is 0 Å². The molecule has 0 bridgehead atoms. The topological polar surface area (TPSA) is 47.6 Å². The lowest BCUT2D eigenvalue weighted by molar-refractivity contribution is -0.122. The standard InChI is InChI=1S/C19H21NO3/c1-14(2)13-22-17-11-9-16(10-12-17)20-19(21)15(3)23-18-7-5-4-6-8-18/h4-12,15H,1,13H2,2-3H3,(H,20,21). The summed E-state index contributed by atoms with van der Waals surface area (Å²) in [5, 5.41) is 2.82. The van der Waals surface area contributed by atoms with Crippen LogP contribution in [0, 0.1) is 0 Å². The highest BCUT2D eigenvalue weighted by Crippen LogP contribution is 2.17. The van der Waals surface area contributed by atoms with Gasteiger partial charge in [0.05, 0.1) is 0 Å². The molecule has 0 saturated carbocycles. The lowest BCUT2D eigenvalue weighted by Gasteiger charge is -2.15. The van der Waals surface area contributed by atoms with E-state index in [0.717, 1.165) is 11.3 Å². The predicted octanol–water partition coefficient (Wildman–Crippen LogP) is 4.05. The zero-order chi connectivity index (χ0) is 16.7. The Labute approximate surface area is 136 Å². The Kier molecular flexibility index (Phi) is 5.80. The number of hydrogen-bond donors (Lipinski definition) is 1. The molecular weight excluding hydrogens is 290 g/mol. The molecule has 120 valence electrons. The van der Waals surface area contributed by atoms with Crippen LogP contribution in [-0.2, 0) is 4.79 Å². The van der Waals surface area contributed by atoms with Gasteiger partial charge in [-0.15, -0.1) is 0 Å². The van der Waals surface area contributed by atoms with Gasteiger partial charge in [0.15, 0.2) is 6.10 Å². The van der Waals surface area contributed by atoms with Crippen LogP contribution in [0.5, 0.6) is 11.5 Å². The molecule has 4 heteroatoms. The van der Waals surface area contributed by atoms with E-state index in [1.807, 2.05) is 37.3 Å². The molecule has 2 aromatic rings. The molecular formula is C19H21NO3. The number of nitrogens with one attached hydrogen (secondary N) is 1. The summed E-state index contributed by atoms with van der Waals surface area (Å²) in [5.74, 6) is 1.20. The number of anilines is 1. The van der Waals surface area contributed by atoms with Crippen LogP contribution < -0.4 is 14.8 Å². The first-order valence-electron chi connectivity index (χ1n) is 7.44. The highest BCUT2D eigenvalue weighted by molar-refractivity contribution is 5.94. The van der Waals surface area contributed by atoms with E-state index in [2.05, 4.69) is 11.9 Å². The zero-order valence-corrected chi connectivity index (χ0v) is 13.4.